The number of fused-ring (bicyclic) bond motifs is 1. The van der Waals surface area contributed by atoms with Gasteiger partial charge in [-0.2, -0.15) is 13.2 Å². The van der Waals surface area contributed by atoms with Gasteiger partial charge in [-0.25, -0.2) is 0 Å². The fourth-order valence-corrected chi connectivity index (χ4v) is 3.08. The van der Waals surface area contributed by atoms with E-state index in [0.717, 1.165) is 11.3 Å². The van der Waals surface area contributed by atoms with E-state index < -0.39 is 5.51 Å². The Morgan fingerprint density at radius 2 is 1.83 bits per heavy atom. The molecule has 0 saturated carbocycles. The highest BCUT2D eigenvalue weighted by atomic mass is 32.2. The van der Waals surface area contributed by atoms with Crippen molar-refractivity contribution >= 4 is 17.7 Å². The summed E-state index contributed by atoms with van der Waals surface area (Å²) in [5.41, 5.74) is -3.11. The molecule has 2 aromatic carbocycles. The molecular formula is C17H14F3NO2S. The highest BCUT2D eigenvalue weighted by molar-refractivity contribution is 8.00. The molecule has 0 spiro atoms. The molecule has 7 heteroatoms. The average molecular weight is 353 g/mol. The van der Waals surface area contributed by atoms with Gasteiger partial charge in [0.2, 0.25) is 0 Å². The van der Waals surface area contributed by atoms with Crippen molar-refractivity contribution in [1.29, 1.82) is 0 Å². The van der Waals surface area contributed by atoms with Crippen molar-refractivity contribution in [2.24, 2.45) is 0 Å². The van der Waals surface area contributed by atoms with Gasteiger partial charge in [0.15, 0.2) is 0 Å². The van der Waals surface area contributed by atoms with Gasteiger partial charge in [0, 0.05) is 22.4 Å². The molecule has 1 N–H and O–H groups in total. The molecule has 2 aromatic rings. The third-order valence-corrected chi connectivity index (χ3v) is 4.35. The molecule has 1 amide bonds. The maximum atomic E-state index is 12.3. The largest absolute Gasteiger partial charge is 0.493 e. The Balaban J connectivity index is 1.70. The number of carbonyl (C=O) groups is 1. The van der Waals surface area contributed by atoms with Crippen LogP contribution in [0.1, 0.15) is 28.4 Å². The van der Waals surface area contributed by atoms with Crippen LogP contribution in [0.3, 0.4) is 0 Å². The van der Waals surface area contributed by atoms with Gasteiger partial charge in [-0.05, 0) is 42.1 Å². The summed E-state index contributed by atoms with van der Waals surface area (Å²) in [4.78, 5) is 12.4. The summed E-state index contributed by atoms with van der Waals surface area (Å²) in [6, 6.07) is 12.7. The van der Waals surface area contributed by atoms with Crippen molar-refractivity contribution in [3.05, 3.63) is 59.7 Å². The smallest absolute Gasteiger partial charge is 0.446 e. The maximum Gasteiger partial charge on any atom is 0.446 e. The molecule has 0 bridgehead atoms. The summed E-state index contributed by atoms with van der Waals surface area (Å²) in [5.74, 6) is 0.422. The average Bonchev–Trinajstić information content (AvgIpc) is 2.54. The Morgan fingerprint density at radius 1 is 1.12 bits per heavy atom. The molecular weight excluding hydrogens is 339 g/mol. The molecule has 1 atom stereocenters. The van der Waals surface area contributed by atoms with Gasteiger partial charge in [-0.1, -0.05) is 18.2 Å². The quantitative estimate of drug-likeness (QED) is 0.823. The summed E-state index contributed by atoms with van der Waals surface area (Å²) in [5, 5.41) is 2.91. The minimum absolute atomic E-state index is 0.0514. The first-order chi connectivity index (χ1) is 11.4. The summed E-state index contributed by atoms with van der Waals surface area (Å²) in [7, 11) is 0. The molecule has 0 aromatic heterocycles. The molecule has 0 aliphatic carbocycles. The third-order valence-electron chi connectivity index (χ3n) is 3.61. The fourth-order valence-electron chi connectivity index (χ4n) is 2.54. The van der Waals surface area contributed by atoms with E-state index in [1.165, 1.54) is 24.3 Å². The second kappa shape index (κ2) is 6.76. The van der Waals surface area contributed by atoms with E-state index >= 15 is 0 Å². The van der Waals surface area contributed by atoms with Crippen molar-refractivity contribution < 1.29 is 22.7 Å². The Kier molecular flexibility index (Phi) is 4.71. The first kappa shape index (κ1) is 16.7. The van der Waals surface area contributed by atoms with Crippen molar-refractivity contribution in [2.75, 3.05) is 6.61 Å². The second-order valence-corrected chi connectivity index (χ2v) is 6.41. The summed E-state index contributed by atoms with van der Waals surface area (Å²) >= 11 is -0.201. The molecule has 1 aliphatic heterocycles. The van der Waals surface area contributed by atoms with Crippen LogP contribution < -0.4 is 10.1 Å². The number of para-hydroxylation sites is 1. The monoisotopic (exact) mass is 353 g/mol. The highest BCUT2D eigenvalue weighted by Crippen LogP contribution is 2.37. The van der Waals surface area contributed by atoms with Gasteiger partial charge in [-0.15, -0.1) is 0 Å². The molecule has 24 heavy (non-hydrogen) atoms. The predicted molar refractivity (Wildman–Crippen MR) is 85.1 cm³/mol. The van der Waals surface area contributed by atoms with E-state index in [1.54, 1.807) is 0 Å². The molecule has 126 valence electrons. The number of nitrogens with one attached hydrogen (secondary N) is 1. The van der Waals surface area contributed by atoms with Gasteiger partial charge in [0.05, 0.1) is 12.6 Å². The van der Waals surface area contributed by atoms with Crippen LogP contribution in [0.15, 0.2) is 53.4 Å². The van der Waals surface area contributed by atoms with Crippen molar-refractivity contribution in [3.63, 3.8) is 0 Å². The summed E-state index contributed by atoms with van der Waals surface area (Å²) in [6.07, 6.45) is 0.644. The van der Waals surface area contributed by atoms with Gasteiger partial charge in [0.25, 0.3) is 5.91 Å². The minimum atomic E-state index is -4.34. The van der Waals surface area contributed by atoms with Crippen molar-refractivity contribution in [1.82, 2.24) is 5.32 Å². The van der Waals surface area contributed by atoms with Crippen LogP contribution in [0, 0.1) is 0 Å². The zero-order valence-electron chi connectivity index (χ0n) is 12.5. The van der Waals surface area contributed by atoms with Gasteiger partial charge in [0.1, 0.15) is 5.75 Å². The molecule has 0 saturated heterocycles. The summed E-state index contributed by atoms with van der Waals surface area (Å²) < 4.78 is 42.5. The minimum Gasteiger partial charge on any atom is -0.493 e. The number of benzene rings is 2. The topological polar surface area (TPSA) is 38.3 Å². The van der Waals surface area contributed by atoms with E-state index in [2.05, 4.69) is 5.32 Å². The molecule has 1 aliphatic rings. The number of hydrogen-bond acceptors (Lipinski definition) is 3. The number of thioether (sulfide) groups is 1. The van der Waals surface area contributed by atoms with Crippen LogP contribution in [0.25, 0.3) is 0 Å². The lowest BCUT2D eigenvalue weighted by atomic mass is 10.00. The molecule has 3 nitrogen and oxygen atoms in total. The van der Waals surface area contributed by atoms with Crippen molar-refractivity contribution in [2.45, 2.75) is 22.9 Å². The Hall–Kier alpha value is -2.15. The van der Waals surface area contributed by atoms with Crippen LogP contribution >= 0.6 is 11.8 Å². The number of amides is 1. The van der Waals surface area contributed by atoms with Gasteiger partial charge in [-0.3, -0.25) is 4.79 Å². The zero-order chi connectivity index (χ0) is 17.2. The van der Waals surface area contributed by atoms with Crippen LogP contribution in [0.2, 0.25) is 0 Å². The summed E-state index contributed by atoms with van der Waals surface area (Å²) in [6.45, 7) is 0.503. The molecule has 1 heterocycles. The zero-order valence-corrected chi connectivity index (χ0v) is 13.3. The number of halogens is 3. The molecule has 0 radical (unpaired) electrons. The number of alkyl halides is 3. The van der Waals surface area contributed by atoms with E-state index in [0.29, 0.717) is 18.6 Å². The maximum absolute atomic E-state index is 12.3. The van der Waals surface area contributed by atoms with Crippen LogP contribution in [-0.4, -0.2) is 18.0 Å². The number of hydrogen-bond donors (Lipinski definition) is 1. The number of rotatable bonds is 3. The van der Waals surface area contributed by atoms with E-state index in [9.17, 15) is 18.0 Å². The highest BCUT2D eigenvalue weighted by Gasteiger charge is 2.29. The first-order valence-electron chi connectivity index (χ1n) is 7.31. The SMILES string of the molecule is O=C(N[C@@H]1CCOc2ccccc21)c1ccc(SC(F)(F)F)cc1. The Labute approximate surface area is 141 Å². The van der Waals surface area contributed by atoms with E-state index in [1.807, 2.05) is 24.3 Å². The standard InChI is InChI=1S/C17H14F3NO2S/c18-17(19,20)24-12-7-5-11(6-8-12)16(22)21-14-9-10-23-15-4-2-1-3-13(14)15/h1-8,14H,9-10H2,(H,21,22)/t14-/m1/s1. The lowest BCUT2D eigenvalue weighted by Crippen LogP contribution is -2.32. The predicted octanol–water partition coefficient (Wildman–Crippen LogP) is 4.55. The van der Waals surface area contributed by atoms with Crippen molar-refractivity contribution in [3.8, 4) is 5.75 Å². The number of ether oxygens (including phenoxy) is 1. The Bertz CT molecular complexity index is 731. The van der Waals surface area contributed by atoms with Crippen LogP contribution in [-0.2, 0) is 0 Å². The van der Waals surface area contributed by atoms with Gasteiger partial charge < -0.3 is 10.1 Å². The van der Waals surface area contributed by atoms with E-state index in [-0.39, 0.29) is 28.6 Å². The van der Waals surface area contributed by atoms with Crippen LogP contribution in [0.4, 0.5) is 13.2 Å². The lowest BCUT2D eigenvalue weighted by Gasteiger charge is -2.26. The third kappa shape index (κ3) is 4.03. The molecule has 0 fully saturated rings. The second-order valence-electron chi connectivity index (χ2n) is 5.27. The van der Waals surface area contributed by atoms with Gasteiger partial charge >= 0.3 is 5.51 Å². The van der Waals surface area contributed by atoms with Crippen LogP contribution in [0.5, 0.6) is 5.75 Å². The fraction of sp³-hybridized carbons (Fsp3) is 0.235. The molecule has 3 rings (SSSR count). The Morgan fingerprint density at radius 3 is 2.54 bits per heavy atom. The van der Waals surface area contributed by atoms with E-state index in [4.69, 9.17) is 4.74 Å². The number of carbonyl (C=O) groups excluding carboxylic acids is 1. The normalized spacial score (nSPS) is 16.9. The lowest BCUT2D eigenvalue weighted by molar-refractivity contribution is -0.0328. The molecule has 0 unspecified atom stereocenters. The first-order valence-corrected chi connectivity index (χ1v) is 8.12.